The minimum Gasteiger partial charge on any atom is -0.495 e. The van der Waals surface area contributed by atoms with Crippen LogP contribution >= 0.6 is 0 Å². The van der Waals surface area contributed by atoms with Crippen LogP contribution in [-0.2, 0) is 12.6 Å². The molecule has 0 spiro atoms. The molecule has 0 bridgehead atoms. The molecule has 1 aromatic heterocycles. The molecule has 5 nitrogen and oxygen atoms in total. The van der Waals surface area contributed by atoms with Gasteiger partial charge in [-0.15, -0.1) is 0 Å². The number of amides is 1. The van der Waals surface area contributed by atoms with Gasteiger partial charge in [-0.2, -0.15) is 13.2 Å². The minimum absolute atomic E-state index is 0.341. The predicted molar refractivity (Wildman–Crippen MR) is 134 cm³/mol. The van der Waals surface area contributed by atoms with Gasteiger partial charge in [0.25, 0.3) is 5.91 Å². The molecule has 0 aliphatic heterocycles. The summed E-state index contributed by atoms with van der Waals surface area (Å²) in [7, 11) is 1.55. The monoisotopic (exact) mass is 491 g/mol. The average Bonchev–Trinajstić information content (AvgIpc) is 2.89. The number of halogens is 3. The number of anilines is 2. The predicted octanol–water partition coefficient (Wildman–Crippen LogP) is 6.68. The Morgan fingerprint density at radius 3 is 2.39 bits per heavy atom. The number of nitrogens with zero attached hydrogens (tertiary/aromatic N) is 1. The van der Waals surface area contributed by atoms with E-state index in [2.05, 4.69) is 15.6 Å². The number of aromatic nitrogens is 1. The van der Waals surface area contributed by atoms with Crippen LogP contribution < -0.4 is 15.4 Å². The number of alkyl halides is 3. The Kier molecular flexibility index (Phi) is 7.53. The first-order valence-corrected chi connectivity index (χ1v) is 11.2. The SMILES string of the molecule is COc1cc(NC(=O)c2ccccc2-c2ccc(C(F)(F)F)cc2)ccc1NCCc1ccccn1. The maximum absolute atomic E-state index is 13.1. The van der Waals surface area contributed by atoms with Crippen LogP contribution in [0.1, 0.15) is 21.6 Å². The minimum atomic E-state index is -4.42. The van der Waals surface area contributed by atoms with E-state index in [0.717, 1.165) is 29.9 Å². The Hall–Kier alpha value is -4.33. The highest BCUT2D eigenvalue weighted by atomic mass is 19.4. The molecular weight excluding hydrogens is 467 g/mol. The first kappa shape index (κ1) is 24.8. The van der Waals surface area contributed by atoms with Crippen molar-refractivity contribution < 1.29 is 22.7 Å². The average molecular weight is 492 g/mol. The van der Waals surface area contributed by atoms with Gasteiger partial charge in [0, 0.05) is 42.2 Å². The van der Waals surface area contributed by atoms with Crippen LogP contribution in [0.15, 0.2) is 91.1 Å². The summed E-state index contributed by atoms with van der Waals surface area (Å²) in [5.74, 6) is 0.174. The summed E-state index contributed by atoms with van der Waals surface area (Å²) >= 11 is 0. The molecule has 1 amide bonds. The maximum atomic E-state index is 13.1. The van der Waals surface area contributed by atoms with Gasteiger partial charge in [0.05, 0.1) is 18.4 Å². The van der Waals surface area contributed by atoms with Crippen molar-refractivity contribution >= 4 is 17.3 Å². The van der Waals surface area contributed by atoms with E-state index in [1.54, 1.807) is 49.7 Å². The number of benzene rings is 3. The molecule has 36 heavy (non-hydrogen) atoms. The van der Waals surface area contributed by atoms with Crippen molar-refractivity contribution in [2.24, 2.45) is 0 Å². The van der Waals surface area contributed by atoms with Gasteiger partial charge in [-0.3, -0.25) is 9.78 Å². The van der Waals surface area contributed by atoms with Crippen LogP contribution in [0.25, 0.3) is 11.1 Å². The van der Waals surface area contributed by atoms with Crippen molar-refractivity contribution in [3.05, 3.63) is 108 Å². The van der Waals surface area contributed by atoms with Crippen molar-refractivity contribution in [2.45, 2.75) is 12.6 Å². The molecule has 0 atom stereocenters. The largest absolute Gasteiger partial charge is 0.495 e. The fourth-order valence-corrected chi connectivity index (χ4v) is 3.76. The van der Waals surface area contributed by atoms with Gasteiger partial charge in [-0.1, -0.05) is 36.4 Å². The second kappa shape index (κ2) is 10.9. The summed E-state index contributed by atoms with van der Waals surface area (Å²) in [6, 6.07) is 22.6. The lowest BCUT2D eigenvalue weighted by molar-refractivity contribution is -0.137. The fourth-order valence-electron chi connectivity index (χ4n) is 3.76. The third-order valence-corrected chi connectivity index (χ3v) is 5.58. The zero-order chi connectivity index (χ0) is 25.5. The first-order valence-electron chi connectivity index (χ1n) is 11.2. The van der Waals surface area contributed by atoms with Crippen molar-refractivity contribution in [1.29, 1.82) is 0 Å². The third-order valence-electron chi connectivity index (χ3n) is 5.58. The zero-order valence-electron chi connectivity index (χ0n) is 19.5. The topological polar surface area (TPSA) is 63.2 Å². The van der Waals surface area contributed by atoms with Crippen molar-refractivity contribution in [1.82, 2.24) is 4.98 Å². The van der Waals surface area contributed by atoms with Gasteiger partial charge < -0.3 is 15.4 Å². The van der Waals surface area contributed by atoms with Gasteiger partial charge in [-0.05, 0) is 53.6 Å². The molecule has 8 heteroatoms. The van der Waals surface area contributed by atoms with E-state index >= 15 is 0 Å². The number of pyridine rings is 1. The van der Waals surface area contributed by atoms with Crippen molar-refractivity contribution in [2.75, 3.05) is 24.3 Å². The lowest BCUT2D eigenvalue weighted by atomic mass is 9.98. The molecular formula is C28H24F3N3O2. The summed E-state index contributed by atoms with van der Waals surface area (Å²) in [6.45, 7) is 0.652. The number of carbonyl (C=O) groups is 1. The van der Waals surface area contributed by atoms with E-state index in [1.165, 1.54) is 12.1 Å². The highest BCUT2D eigenvalue weighted by Crippen LogP contribution is 2.33. The standard InChI is InChI=1S/C28H24F3N3O2/c1-36-26-18-22(13-14-25(26)33-17-15-21-6-4-5-16-32-21)34-27(35)24-8-3-2-7-23(24)19-9-11-20(12-10-19)28(29,30)31/h2-14,16,18,33H,15,17H2,1H3,(H,34,35). The molecule has 0 saturated carbocycles. The van der Waals surface area contributed by atoms with Crippen LogP contribution in [0, 0.1) is 0 Å². The smallest absolute Gasteiger partial charge is 0.416 e. The van der Waals surface area contributed by atoms with Gasteiger partial charge >= 0.3 is 6.18 Å². The number of nitrogens with one attached hydrogen (secondary N) is 2. The Morgan fingerprint density at radius 2 is 1.69 bits per heavy atom. The van der Waals surface area contributed by atoms with E-state index in [1.807, 2.05) is 24.3 Å². The van der Waals surface area contributed by atoms with Crippen LogP contribution in [0.5, 0.6) is 5.75 Å². The van der Waals surface area contributed by atoms with E-state index in [9.17, 15) is 18.0 Å². The van der Waals surface area contributed by atoms with E-state index in [0.29, 0.717) is 34.7 Å². The quantitative estimate of drug-likeness (QED) is 0.289. The second-order valence-corrected chi connectivity index (χ2v) is 7.99. The molecule has 4 rings (SSSR count). The van der Waals surface area contributed by atoms with Crippen LogP contribution in [0.3, 0.4) is 0 Å². The Labute approximate surface area is 207 Å². The number of hydrogen-bond acceptors (Lipinski definition) is 4. The molecule has 0 unspecified atom stereocenters. The van der Waals surface area contributed by atoms with E-state index in [4.69, 9.17) is 4.74 Å². The molecule has 0 saturated heterocycles. The summed E-state index contributed by atoms with van der Waals surface area (Å²) < 4.78 is 44.3. The number of ether oxygens (including phenoxy) is 1. The van der Waals surface area contributed by atoms with Crippen molar-refractivity contribution in [3.63, 3.8) is 0 Å². The number of rotatable bonds is 8. The highest BCUT2D eigenvalue weighted by molar-refractivity contribution is 6.08. The van der Waals surface area contributed by atoms with Crippen LogP contribution in [0.4, 0.5) is 24.5 Å². The van der Waals surface area contributed by atoms with Gasteiger partial charge in [0.2, 0.25) is 0 Å². The molecule has 4 aromatic rings. The fraction of sp³-hybridized carbons (Fsp3) is 0.143. The lowest BCUT2D eigenvalue weighted by Crippen LogP contribution is -2.13. The van der Waals surface area contributed by atoms with E-state index < -0.39 is 11.7 Å². The number of methoxy groups -OCH3 is 1. The normalized spacial score (nSPS) is 11.1. The zero-order valence-corrected chi connectivity index (χ0v) is 19.5. The molecule has 0 aliphatic rings. The first-order chi connectivity index (χ1) is 17.3. The molecule has 2 N–H and O–H groups in total. The van der Waals surface area contributed by atoms with Crippen LogP contribution in [0.2, 0.25) is 0 Å². The third kappa shape index (κ3) is 6.02. The molecule has 3 aromatic carbocycles. The molecule has 184 valence electrons. The summed E-state index contributed by atoms with van der Waals surface area (Å²) in [4.78, 5) is 17.4. The number of hydrogen-bond donors (Lipinski definition) is 2. The number of carbonyl (C=O) groups excluding carboxylic acids is 1. The second-order valence-electron chi connectivity index (χ2n) is 7.99. The molecule has 0 fully saturated rings. The molecule has 0 radical (unpaired) electrons. The Balaban J connectivity index is 1.48. The summed E-state index contributed by atoms with van der Waals surface area (Å²) in [5, 5.41) is 6.16. The lowest BCUT2D eigenvalue weighted by Gasteiger charge is -2.15. The van der Waals surface area contributed by atoms with Gasteiger partial charge in [0.15, 0.2) is 0 Å². The van der Waals surface area contributed by atoms with Gasteiger partial charge in [-0.25, -0.2) is 0 Å². The highest BCUT2D eigenvalue weighted by Gasteiger charge is 2.30. The summed E-state index contributed by atoms with van der Waals surface area (Å²) in [6.07, 6.45) is -1.93. The Morgan fingerprint density at radius 1 is 0.944 bits per heavy atom. The molecule has 0 aliphatic carbocycles. The molecule has 1 heterocycles. The maximum Gasteiger partial charge on any atom is 0.416 e. The van der Waals surface area contributed by atoms with Crippen molar-refractivity contribution in [3.8, 4) is 16.9 Å². The Bertz CT molecular complexity index is 1320. The van der Waals surface area contributed by atoms with E-state index in [-0.39, 0.29) is 5.91 Å². The van der Waals surface area contributed by atoms with Crippen LogP contribution in [-0.4, -0.2) is 24.5 Å². The summed E-state index contributed by atoms with van der Waals surface area (Å²) in [5.41, 5.74) is 2.91. The van der Waals surface area contributed by atoms with Gasteiger partial charge in [0.1, 0.15) is 5.75 Å².